The highest BCUT2D eigenvalue weighted by molar-refractivity contribution is 8.00. The molecule has 0 saturated heterocycles. The molecular weight excluding hydrogens is 458 g/mol. The van der Waals surface area contributed by atoms with Crippen LogP contribution in [0.4, 0.5) is 5.69 Å². The van der Waals surface area contributed by atoms with E-state index in [2.05, 4.69) is 33.7 Å². The molecule has 1 heterocycles. The van der Waals surface area contributed by atoms with Gasteiger partial charge in [0.15, 0.2) is 11.0 Å². The van der Waals surface area contributed by atoms with Gasteiger partial charge in [-0.3, -0.25) is 4.79 Å². The number of rotatable bonds is 9. The molecule has 0 radical (unpaired) electrons. The van der Waals surface area contributed by atoms with E-state index < -0.39 is 5.25 Å². The zero-order valence-corrected chi connectivity index (χ0v) is 20.3. The number of aryl methyl sites for hydroxylation is 1. The lowest BCUT2D eigenvalue weighted by Crippen LogP contribution is -2.23. The Morgan fingerprint density at radius 1 is 1.06 bits per heavy atom. The Balaban J connectivity index is 1.60. The van der Waals surface area contributed by atoms with E-state index in [9.17, 15) is 10.1 Å². The zero-order valence-electron chi connectivity index (χ0n) is 19.5. The van der Waals surface area contributed by atoms with E-state index in [1.807, 2.05) is 54.0 Å². The van der Waals surface area contributed by atoms with Gasteiger partial charge in [-0.15, -0.1) is 10.2 Å². The number of carbonyl (C=O) groups excluding carboxylic acids is 1. The van der Waals surface area contributed by atoms with Crippen LogP contribution in [-0.2, 0) is 17.8 Å². The molecule has 4 rings (SSSR count). The van der Waals surface area contributed by atoms with Crippen molar-refractivity contribution in [3.63, 3.8) is 0 Å². The first-order valence-electron chi connectivity index (χ1n) is 11.2. The Morgan fingerprint density at radius 3 is 2.54 bits per heavy atom. The third-order valence-corrected chi connectivity index (χ3v) is 6.57. The van der Waals surface area contributed by atoms with Gasteiger partial charge >= 0.3 is 0 Å². The second-order valence-corrected chi connectivity index (χ2v) is 9.11. The first-order chi connectivity index (χ1) is 17.1. The van der Waals surface area contributed by atoms with Crippen LogP contribution in [0.5, 0.6) is 5.75 Å². The quantitative estimate of drug-likeness (QED) is 0.330. The number of carbonyl (C=O) groups is 1. The highest BCUT2D eigenvalue weighted by Crippen LogP contribution is 2.32. The van der Waals surface area contributed by atoms with Crippen LogP contribution in [0.1, 0.15) is 18.1 Å². The second-order valence-electron chi connectivity index (χ2n) is 7.80. The number of para-hydroxylation sites is 2. The lowest BCUT2D eigenvalue weighted by Gasteiger charge is -2.15. The van der Waals surface area contributed by atoms with Gasteiger partial charge in [0.2, 0.25) is 5.91 Å². The number of nitrogens with zero attached hydrogens (tertiary/aromatic N) is 4. The number of thioether (sulfide) groups is 1. The molecule has 7 nitrogen and oxygen atoms in total. The van der Waals surface area contributed by atoms with Crippen LogP contribution in [0.15, 0.2) is 84.0 Å². The Morgan fingerprint density at radius 2 is 1.77 bits per heavy atom. The number of ether oxygens (including phenoxy) is 1. The molecule has 0 aliphatic heterocycles. The standard InChI is InChI=1S/C27H25N5O2S/c1-19(26(33)29-23-14-8-6-12-21(23)18-28)35-27-31-30-25(22-13-7-9-15-24(22)34-2)32(27)17-16-20-10-4-3-5-11-20/h3-15,19H,16-17H2,1-2H3,(H,29,33). The summed E-state index contributed by atoms with van der Waals surface area (Å²) in [6.45, 7) is 2.45. The summed E-state index contributed by atoms with van der Waals surface area (Å²) in [6.07, 6.45) is 0.782. The molecule has 35 heavy (non-hydrogen) atoms. The molecule has 0 saturated carbocycles. The lowest BCUT2D eigenvalue weighted by molar-refractivity contribution is -0.115. The Bertz CT molecular complexity index is 1350. The van der Waals surface area contributed by atoms with Crippen LogP contribution in [0.2, 0.25) is 0 Å². The van der Waals surface area contributed by atoms with E-state index in [4.69, 9.17) is 4.74 Å². The smallest absolute Gasteiger partial charge is 0.237 e. The van der Waals surface area contributed by atoms with Gasteiger partial charge in [0.25, 0.3) is 0 Å². The van der Waals surface area contributed by atoms with E-state index in [-0.39, 0.29) is 5.91 Å². The van der Waals surface area contributed by atoms with Crippen LogP contribution in [0.25, 0.3) is 11.4 Å². The first kappa shape index (κ1) is 24.0. The third kappa shape index (κ3) is 5.70. The molecule has 8 heteroatoms. The molecule has 1 atom stereocenters. The average molecular weight is 484 g/mol. The fourth-order valence-corrected chi connectivity index (χ4v) is 4.50. The van der Waals surface area contributed by atoms with Gasteiger partial charge in [0.05, 0.1) is 29.2 Å². The second kappa shape index (κ2) is 11.4. The molecule has 176 valence electrons. The maximum atomic E-state index is 12.9. The van der Waals surface area contributed by atoms with Crippen LogP contribution in [0, 0.1) is 11.3 Å². The van der Waals surface area contributed by atoms with Crippen molar-refractivity contribution in [2.24, 2.45) is 0 Å². The molecule has 4 aromatic rings. The molecule has 1 amide bonds. The van der Waals surface area contributed by atoms with Gasteiger partial charge in [0, 0.05) is 6.54 Å². The maximum Gasteiger partial charge on any atom is 0.237 e. The molecule has 0 aliphatic rings. The summed E-state index contributed by atoms with van der Waals surface area (Å²) in [5.41, 5.74) is 2.94. The van der Waals surface area contributed by atoms with Crippen molar-refractivity contribution in [1.29, 1.82) is 5.26 Å². The highest BCUT2D eigenvalue weighted by atomic mass is 32.2. The zero-order chi connectivity index (χ0) is 24.6. The summed E-state index contributed by atoms with van der Waals surface area (Å²) < 4.78 is 7.59. The Kier molecular flexibility index (Phi) is 7.81. The summed E-state index contributed by atoms with van der Waals surface area (Å²) in [5.74, 6) is 1.17. The molecule has 3 aromatic carbocycles. The predicted molar refractivity (Wildman–Crippen MR) is 137 cm³/mol. The number of hydrogen-bond donors (Lipinski definition) is 1. The predicted octanol–water partition coefficient (Wildman–Crippen LogP) is 5.19. The van der Waals surface area contributed by atoms with Gasteiger partial charge in [-0.1, -0.05) is 66.4 Å². The SMILES string of the molecule is COc1ccccc1-c1nnc(SC(C)C(=O)Nc2ccccc2C#N)n1CCc1ccccc1. The minimum Gasteiger partial charge on any atom is -0.496 e. The van der Waals surface area contributed by atoms with Crippen molar-refractivity contribution in [1.82, 2.24) is 14.8 Å². The van der Waals surface area contributed by atoms with E-state index in [0.29, 0.717) is 34.5 Å². The number of nitrogens with one attached hydrogen (secondary N) is 1. The van der Waals surface area contributed by atoms with Crippen LogP contribution in [0.3, 0.4) is 0 Å². The summed E-state index contributed by atoms with van der Waals surface area (Å²) in [7, 11) is 1.63. The number of hydrogen-bond acceptors (Lipinski definition) is 6. The molecule has 0 aliphatic carbocycles. The fraction of sp³-hybridized carbons (Fsp3) is 0.185. The monoisotopic (exact) mass is 483 g/mol. The number of nitriles is 1. The largest absolute Gasteiger partial charge is 0.496 e. The van der Waals surface area contributed by atoms with Gasteiger partial charge in [-0.05, 0) is 43.2 Å². The van der Waals surface area contributed by atoms with E-state index in [0.717, 1.165) is 12.0 Å². The van der Waals surface area contributed by atoms with Gasteiger partial charge in [0.1, 0.15) is 11.8 Å². The topological polar surface area (TPSA) is 92.8 Å². The van der Waals surface area contributed by atoms with Crippen LogP contribution < -0.4 is 10.1 Å². The van der Waals surface area contributed by atoms with Crippen molar-refractivity contribution in [2.45, 2.75) is 30.3 Å². The van der Waals surface area contributed by atoms with Gasteiger partial charge in [-0.2, -0.15) is 5.26 Å². The minimum atomic E-state index is -0.466. The average Bonchev–Trinajstić information content (AvgIpc) is 3.30. The van der Waals surface area contributed by atoms with E-state index in [1.165, 1.54) is 17.3 Å². The number of methoxy groups -OCH3 is 1. The molecule has 0 fully saturated rings. The molecule has 0 bridgehead atoms. The van der Waals surface area contributed by atoms with Crippen molar-refractivity contribution >= 4 is 23.4 Å². The molecular formula is C27H25N5O2S. The summed E-state index contributed by atoms with van der Waals surface area (Å²) in [6, 6.07) is 26.9. The van der Waals surface area contributed by atoms with Gasteiger partial charge in [-0.25, -0.2) is 0 Å². The van der Waals surface area contributed by atoms with E-state index >= 15 is 0 Å². The van der Waals surface area contributed by atoms with Crippen molar-refractivity contribution in [3.8, 4) is 23.2 Å². The van der Waals surface area contributed by atoms with Crippen molar-refractivity contribution in [3.05, 3.63) is 90.0 Å². The minimum absolute atomic E-state index is 0.214. The summed E-state index contributed by atoms with van der Waals surface area (Å²) in [5, 5.41) is 21.2. The first-order valence-corrected chi connectivity index (χ1v) is 12.1. The van der Waals surface area contributed by atoms with E-state index in [1.54, 1.807) is 31.4 Å². The third-order valence-electron chi connectivity index (χ3n) is 5.49. The van der Waals surface area contributed by atoms with Crippen LogP contribution in [-0.4, -0.2) is 33.0 Å². The van der Waals surface area contributed by atoms with Crippen LogP contribution >= 0.6 is 11.8 Å². The highest BCUT2D eigenvalue weighted by Gasteiger charge is 2.22. The van der Waals surface area contributed by atoms with Crippen molar-refractivity contribution < 1.29 is 9.53 Å². The lowest BCUT2D eigenvalue weighted by atomic mass is 10.1. The number of amides is 1. The van der Waals surface area contributed by atoms with Crippen molar-refractivity contribution in [2.75, 3.05) is 12.4 Å². The molecule has 1 unspecified atom stereocenters. The normalized spacial score (nSPS) is 11.5. The summed E-state index contributed by atoms with van der Waals surface area (Å²) >= 11 is 1.33. The number of anilines is 1. The number of benzene rings is 3. The van der Waals surface area contributed by atoms with Gasteiger partial charge < -0.3 is 14.6 Å². The molecule has 0 spiro atoms. The Labute approximate surface area is 208 Å². The number of aromatic nitrogens is 3. The molecule has 1 aromatic heterocycles. The molecule has 1 N–H and O–H groups in total. The summed E-state index contributed by atoms with van der Waals surface area (Å²) in [4.78, 5) is 12.9. The fourth-order valence-electron chi connectivity index (χ4n) is 3.63. The Hall–Kier alpha value is -4.09. The maximum absolute atomic E-state index is 12.9.